The Kier molecular flexibility index (Phi) is 2.80. The number of rotatable bonds is 1. The Hall–Kier alpha value is -2.88. The van der Waals surface area contributed by atoms with E-state index in [2.05, 4.69) is 0 Å². The monoisotopic (exact) mass is 322 g/mol. The van der Waals surface area contributed by atoms with Gasteiger partial charge in [-0.05, 0) is 58.0 Å². The zero-order valence-electron chi connectivity index (χ0n) is 13.2. The second-order valence-corrected chi connectivity index (χ2v) is 6.70. The van der Waals surface area contributed by atoms with Crippen molar-refractivity contribution >= 4 is 16.7 Å². The standard InChI is InChI=1S/C20H15FO3/c1-20(2)15-6-3-10(19(23)24)7-14(15)18-12-5-4-11(21)8-13(12)17(22)9-16(18)20/h3-9,22H,1-2H3,(H,23,24). The molecule has 3 aromatic carbocycles. The Balaban J connectivity index is 2.17. The Morgan fingerprint density at radius 1 is 1.00 bits per heavy atom. The van der Waals surface area contributed by atoms with Crippen LogP contribution in [0.2, 0.25) is 0 Å². The maximum atomic E-state index is 13.6. The molecule has 0 saturated carbocycles. The molecule has 0 radical (unpaired) electrons. The van der Waals surface area contributed by atoms with Gasteiger partial charge >= 0.3 is 5.97 Å². The Morgan fingerprint density at radius 3 is 2.46 bits per heavy atom. The van der Waals surface area contributed by atoms with Crippen molar-refractivity contribution in [3.05, 3.63) is 65.0 Å². The Bertz CT molecular complexity index is 1030. The summed E-state index contributed by atoms with van der Waals surface area (Å²) in [6.07, 6.45) is 0. The minimum Gasteiger partial charge on any atom is -0.507 e. The highest BCUT2D eigenvalue weighted by molar-refractivity contribution is 6.06. The van der Waals surface area contributed by atoms with Crippen molar-refractivity contribution in [1.82, 2.24) is 0 Å². The largest absolute Gasteiger partial charge is 0.507 e. The molecule has 0 heterocycles. The number of hydrogen-bond acceptors (Lipinski definition) is 2. The third-order valence-electron chi connectivity index (χ3n) is 4.96. The van der Waals surface area contributed by atoms with Crippen molar-refractivity contribution in [2.75, 3.05) is 0 Å². The molecule has 2 N–H and O–H groups in total. The summed E-state index contributed by atoms with van der Waals surface area (Å²) in [5, 5.41) is 20.8. The van der Waals surface area contributed by atoms with Gasteiger partial charge in [0, 0.05) is 10.8 Å². The first-order chi connectivity index (χ1) is 11.3. The molecule has 0 amide bonds. The summed E-state index contributed by atoms with van der Waals surface area (Å²) in [7, 11) is 0. The molecule has 0 fully saturated rings. The lowest BCUT2D eigenvalue weighted by Gasteiger charge is -2.22. The predicted octanol–water partition coefficient (Wildman–Crippen LogP) is 4.69. The molecule has 24 heavy (non-hydrogen) atoms. The van der Waals surface area contributed by atoms with Gasteiger partial charge in [0.15, 0.2) is 0 Å². The lowest BCUT2D eigenvalue weighted by atomic mass is 9.82. The summed E-state index contributed by atoms with van der Waals surface area (Å²) in [4.78, 5) is 11.3. The fourth-order valence-corrected chi connectivity index (χ4v) is 3.74. The van der Waals surface area contributed by atoms with Crippen LogP contribution in [0, 0.1) is 5.82 Å². The van der Waals surface area contributed by atoms with E-state index in [9.17, 15) is 19.4 Å². The number of fused-ring (bicyclic) bond motifs is 5. The normalized spacial score (nSPS) is 14.5. The second-order valence-electron chi connectivity index (χ2n) is 6.70. The quantitative estimate of drug-likeness (QED) is 0.683. The fraction of sp³-hybridized carbons (Fsp3) is 0.150. The third-order valence-corrected chi connectivity index (χ3v) is 4.96. The summed E-state index contributed by atoms with van der Waals surface area (Å²) in [6.45, 7) is 4.07. The smallest absolute Gasteiger partial charge is 0.335 e. The van der Waals surface area contributed by atoms with Gasteiger partial charge < -0.3 is 10.2 Å². The number of benzene rings is 3. The average molecular weight is 322 g/mol. The lowest BCUT2D eigenvalue weighted by Crippen LogP contribution is -2.15. The number of carboxylic acid groups (broad SMARTS) is 1. The van der Waals surface area contributed by atoms with E-state index in [1.54, 1.807) is 24.3 Å². The minimum absolute atomic E-state index is 0.0302. The molecule has 3 nitrogen and oxygen atoms in total. The molecule has 0 aliphatic heterocycles. The summed E-state index contributed by atoms with van der Waals surface area (Å²) in [6, 6.07) is 11.0. The topological polar surface area (TPSA) is 57.5 Å². The number of aromatic hydroxyl groups is 1. The van der Waals surface area contributed by atoms with Gasteiger partial charge in [-0.3, -0.25) is 0 Å². The summed E-state index contributed by atoms with van der Waals surface area (Å²) < 4.78 is 13.6. The molecular formula is C20H15FO3. The van der Waals surface area contributed by atoms with Gasteiger partial charge in [0.05, 0.1) is 5.56 Å². The Labute approximate surface area is 138 Å². The zero-order chi connectivity index (χ0) is 17.2. The minimum atomic E-state index is -0.988. The second kappa shape index (κ2) is 4.57. The summed E-state index contributed by atoms with van der Waals surface area (Å²) in [5.74, 6) is -1.38. The van der Waals surface area contributed by atoms with Gasteiger partial charge in [0.25, 0.3) is 0 Å². The first-order valence-electron chi connectivity index (χ1n) is 7.64. The zero-order valence-corrected chi connectivity index (χ0v) is 13.2. The van der Waals surface area contributed by atoms with E-state index in [1.165, 1.54) is 12.1 Å². The van der Waals surface area contributed by atoms with Crippen molar-refractivity contribution in [3.63, 3.8) is 0 Å². The van der Waals surface area contributed by atoms with Gasteiger partial charge in [0.1, 0.15) is 11.6 Å². The highest BCUT2D eigenvalue weighted by Crippen LogP contribution is 2.53. The number of phenolic OH excluding ortho intramolecular Hbond substituents is 1. The maximum absolute atomic E-state index is 13.6. The number of aromatic carboxylic acids is 1. The van der Waals surface area contributed by atoms with E-state index in [-0.39, 0.29) is 16.7 Å². The van der Waals surface area contributed by atoms with Crippen molar-refractivity contribution in [3.8, 4) is 16.9 Å². The molecular weight excluding hydrogens is 307 g/mol. The van der Waals surface area contributed by atoms with Crippen LogP contribution < -0.4 is 0 Å². The number of carboxylic acids is 1. The van der Waals surface area contributed by atoms with Gasteiger partial charge in [-0.15, -0.1) is 0 Å². The van der Waals surface area contributed by atoms with Crippen LogP contribution in [0.5, 0.6) is 5.75 Å². The molecule has 0 atom stereocenters. The lowest BCUT2D eigenvalue weighted by molar-refractivity contribution is 0.0697. The molecule has 1 aliphatic rings. The van der Waals surface area contributed by atoms with Crippen molar-refractivity contribution in [2.45, 2.75) is 19.3 Å². The SMILES string of the molecule is CC1(C)c2ccc(C(=O)O)cc2-c2c1cc(O)c1cc(F)ccc21. The van der Waals surface area contributed by atoms with E-state index >= 15 is 0 Å². The highest BCUT2D eigenvalue weighted by Gasteiger charge is 2.37. The van der Waals surface area contributed by atoms with Crippen LogP contribution in [0.15, 0.2) is 42.5 Å². The van der Waals surface area contributed by atoms with Crippen molar-refractivity contribution in [2.24, 2.45) is 0 Å². The van der Waals surface area contributed by atoms with Crippen LogP contribution in [-0.4, -0.2) is 16.2 Å². The molecule has 1 aliphatic carbocycles. The van der Waals surface area contributed by atoms with E-state index in [0.29, 0.717) is 5.39 Å². The molecule has 3 aromatic rings. The molecule has 0 aromatic heterocycles. The Morgan fingerprint density at radius 2 is 1.75 bits per heavy atom. The number of hydrogen-bond donors (Lipinski definition) is 2. The summed E-state index contributed by atoms with van der Waals surface area (Å²) >= 11 is 0. The maximum Gasteiger partial charge on any atom is 0.335 e. The van der Waals surface area contributed by atoms with Crippen LogP contribution in [0.1, 0.15) is 35.3 Å². The molecule has 4 rings (SSSR count). The third kappa shape index (κ3) is 1.80. The van der Waals surface area contributed by atoms with Crippen LogP contribution in [0.25, 0.3) is 21.9 Å². The van der Waals surface area contributed by atoms with Crippen molar-refractivity contribution in [1.29, 1.82) is 0 Å². The molecule has 120 valence electrons. The molecule has 4 heteroatoms. The molecule has 0 saturated heterocycles. The predicted molar refractivity (Wildman–Crippen MR) is 90.1 cm³/mol. The fourth-order valence-electron chi connectivity index (χ4n) is 3.74. The molecule has 0 bridgehead atoms. The first-order valence-corrected chi connectivity index (χ1v) is 7.64. The van der Waals surface area contributed by atoms with Crippen LogP contribution in [-0.2, 0) is 5.41 Å². The molecule has 0 unspecified atom stereocenters. The summed E-state index contributed by atoms with van der Waals surface area (Å²) in [5.41, 5.74) is 3.44. The number of phenols is 1. The average Bonchev–Trinajstić information content (AvgIpc) is 2.75. The highest BCUT2D eigenvalue weighted by atomic mass is 19.1. The first kappa shape index (κ1) is 14.7. The van der Waals surface area contributed by atoms with Gasteiger partial charge in [-0.25, -0.2) is 9.18 Å². The van der Waals surface area contributed by atoms with E-state index in [1.807, 2.05) is 19.9 Å². The number of carbonyl (C=O) groups is 1. The van der Waals surface area contributed by atoms with Gasteiger partial charge in [-0.2, -0.15) is 0 Å². The van der Waals surface area contributed by atoms with Crippen LogP contribution >= 0.6 is 0 Å². The number of halogens is 1. The van der Waals surface area contributed by atoms with Gasteiger partial charge in [-0.1, -0.05) is 26.0 Å². The van der Waals surface area contributed by atoms with E-state index in [4.69, 9.17) is 0 Å². The van der Waals surface area contributed by atoms with E-state index in [0.717, 1.165) is 27.6 Å². The molecule has 0 spiro atoms. The van der Waals surface area contributed by atoms with Gasteiger partial charge in [0.2, 0.25) is 0 Å². The van der Waals surface area contributed by atoms with Crippen molar-refractivity contribution < 1.29 is 19.4 Å². The van der Waals surface area contributed by atoms with Crippen LogP contribution in [0.3, 0.4) is 0 Å². The van der Waals surface area contributed by atoms with Crippen LogP contribution in [0.4, 0.5) is 4.39 Å². The van der Waals surface area contributed by atoms with E-state index < -0.39 is 11.8 Å².